The fourth-order valence-electron chi connectivity index (χ4n) is 4.46. The minimum absolute atomic E-state index is 0.432. The fraction of sp³-hybridized carbons (Fsp3) is 1.00. The van der Waals surface area contributed by atoms with Crippen LogP contribution < -0.4 is 0 Å². The summed E-state index contributed by atoms with van der Waals surface area (Å²) in [6, 6.07) is 0. The number of hydrogen-bond donors (Lipinski definition) is 1. The first-order valence-electron chi connectivity index (χ1n) is 8.17. The molecule has 1 aliphatic carbocycles. The van der Waals surface area contributed by atoms with E-state index in [9.17, 15) is 0 Å². The van der Waals surface area contributed by atoms with Crippen LogP contribution in [0.2, 0.25) is 0 Å². The van der Waals surface area contributed by atoms with Gasteiger partial charge >= 0.3 is 0 Å². The second kappa shape index (κ2) is 5.95. The molecule has 0 aromatic heterocycles. The van der Waals surface area contributed by atoms with Crippen molar-refractivity contribution in [1.29, 1.82) is 0 Å². The lowest BCUT2D eigenvalue weighted by atomic mass is 9.75. The van der Waals surface area contributed by atoms with Crippen molar-refractivity contribution in [2.24, 2.45) is 10.8 Å². The molecule has 2 nitrogen and oxygen atoms in total. The molecule has 0 N–H and O–H groups in total. The van der Waals surface area contributed by atoms with Crippen LogP contribution in [0.5, 0.6) is 0 Å². The van der Waals surface area contributed by atoms with Crippen LogP contribution in [0.25, 0.3) is 0 Å². The highest BCUT2D eigenvalue weighted by Crippen LogP contribution is 2.46. The normalized spacial score (nSPS) is 30.8. The standard InChI is InChI=1S/C16H29NOS/c19-14-16(7-11-18-12-8-16)13-17-9-5-15(6-10-17)3-1-2-4-15/h19H,1-14H2. The van der Waals surface area contributed by atoms with Gasteiger partial charge in [-0.1, -0.05) is 12.8 Å². The largest absolute Gasteiger partial charge is 0.381 e. The van der Waals surface area contributed by atoms with Crippen LogP contribution in [0.3, 0.4) is 0 Å². The van der Waals surface area contributed by atoms with Crippen LogP contribution in [0.1, 0.15) is 51.4 Å². The Morgan fingerprint density at radius 2 is 1.53 bits per heavy atom. The fourth-order valence-corrected chi connectivity index (χ4v) is 4.87. The van der Waals surface area contributed by atoms with Gasteiger partial charge in [0.1, 0.15) is 0 Å². The Labute approximate surface area is 123 Å². The molecule has 1 saturated carbocycles. The Morgan fingerprint density at radius 1 is 0.895 bits per heavy atom. The van der Waals surface area contributed by atoms with E-state index in [2.05, 4.69) is 17.5 Å². The Hall–Kier alpha value is 0.270. The van der Waals surface area contributed by atoms with E-state index >= 15 is 0 Å². The molecule has 0 aromatic carbocycles. The summed E-state index contributed by atoms with van der Waals surface area (Å²) in [6.07, 6.45) is 11.3. The lowest BCUT2D eigenvalue weighted by Gasteiger charge is -2.45. The number of rotatable bonds is 3. The second-order valence-electron chi connectivity index (χ2n) is 7.25. The van der Waals surface area contributed by atoms with E-state index in [1.807, 2.05) is 0 Å². The molecule has 3 rings (SSSR count). The van der Waals surface area contributed by atoms with Gasteiger partial charge in [-0.05, 0) is 68.2 Å². The lowest BCUT2D eigenvalue weighted by Crippen LogP contribution is -2.47. The predicted octanol–water partition coefficient (Wildman–Crippen LogP) is 3.37. The van der Waals surface area contributed by atoms with Crippen LogP contribution in [0.4, 0.5) is 0 Å². The zero-order valence-corrected chi connectivity index (χ0v) is 13.1. The summed E-state index contributed by atoms with van der Waals surface area (Å²) in [6.45, 7) is 5.80. The van der Waals surface area contributed by atoms with Gasteiger partial charge in [-0.15, -0.1) is 0 Å². The smallest absolute Gasteiger partial charge is 0.0472 e. The number of likely N-dealkylation sites (tertiary alicyclic amines) is 1. The number of piperidine rings is 1. The van der Waals surface area contributed by atoms with Gasteiger partial charge in [0.15, 0.2) is 0 Å². The molecule has 3 heteroatoms. The van der Waals surface area contributed by atoms with Crippen LogP contribution in [-0.4, -0.2) is 43.5 Å². The van der Waals surface area contributed by atoms with Crippen LogP contribution in [0, 0.1) is 10.8 Å². The molecule has 2 heterocycles. The number of nitrogens with zero attached hydrogens (tertiary/aromatic N) is 1. The van der Waals surface area contributed by atoms with E-state index in [1.165, 1.54) is 71.0 Å². The molecule has 3 aliphatic rings. The predicted molar refractivity (Wildman–Crippen MR) is 82.9 cm³/mol. The average molecular weight is 283 g/mol. The third-order valence-corrected chi connectivity index (χ3v) is 6.70. The van der Waals surface area contributed by atoms with Crippen LogP contribution in [-0.2, 0) is 4.74 Å². The maximum atomic E-state index is 5.54. The third kappa shape index (κ3) is 3.14. The minimum atomic E-state index is 0.432. The molecule has 1 spiro atoms. The zero-order chi connectivity index (χ0) is 13.2. The van der Waals surface area contributed by atoms with Crippen molar-refractivity contribution >= 4 is 12.6 Å². The van der Waals surface area contributed by atoms with E-state index in [4.69, 9.17) is 4.74 Å². The first kappa shape index (κ1) is 14.2. The van der Waals surface area contributed by atoms with E-state index in [-0.39, 0.29) is 0 Å². The Bertz CT molecular complexity index is 285. The molecule has 2 saturated heterocycles. The SMILES string of the molecule is SCC1(CN2CCC3(CCCC3)CC2)CCOCC1. The van der Waals surface area contributed by atoms with Gasteiger partial charge in [-0.25, -0.2) is 0 Å². The third-order valence-electron chi connectivity index (χ3n) is 6.03. The Kier molecular flexibility index (Phi) is 4.45. The molecular formula is C16H29NOS. The lowest BCUT2D eigenvalue weighted by molar-refractivity contribution is -0.00440. The number of thiol groups is 1. The van der Waals surface area contributed by atoms with Gasteiger partial charge in [0.25, 0.3) is 0 Å². The monoisotopic (exact) mass is 283 g/mol. The highest BCUT2D eigenvalue weighted by atomic mass is 32.1. The van der Waals surface area contributed by atoms with Crippen molar-refractivity contribution in [3.8, 4) is 0 Å². The molecule has 0 aromatic rings. The van der Waals surface area contributed by atoms with Gasteiger partial charge in [0.2, 0.25) is 0 Å². The van der Waals surface area contributed by atoms with Crippen molar-refractivity contribution in [1.82, 2.24) is 4.90 Å². The van der Waals surface area contributed by atoms with Crippen LogP contribution in [0.15, 0.2) is 0 Å². The molecule has 0 amide bonds. The molecule has 0 atom stereocenters. The first-order valence-corrected chi connectivity index (χ1v) is 8.80. The van der Waals surface area contributed by atoms with E-state index in [0.717, 1.165) is 24.4 Å². The molecule has 0 unspecified atom stereocenters. The van der Waals surface area contributed by atoms with Crippen molar-refractivity contribution in [3.63, 3.8) is 0 Å². The van der Waals surface area contributed by atoms with Gasteiger partial charge in [0.05, 0.1) is 0 Å². The summed E-state index contributed by atoms with van der Waals surface area (Å²) >= 11 is 4.65. The van der Waals surface area contributed by atoms with E-state index in [1.54, 1.807) is 0 Å². The van der Waals surface area contributed by atoms with Gasteiger partial charge < -0.3 is 9.64 Å². The maximum absolute atomic E-state index is 5.54. The molecule has 0 bridgehead atoms. The first-order chi connectivity index (χ1) is 9.26. The quantitative estimate of drug-likeness (QED) is 0.797. The highest BCUT2D eigenvalue weighted by molar-refractivity contribution is 7.80. The van der Waals surface area contributed by atoms with Gasteiger partial charge in [0, 0.05) is 19.8 Å². The Morgan fingerprint density at radius 3 is 2.11 bits per heavy atom. The Balaban J connectivity index is 1.53. The van der Waals surface area contributed by atoms with Gasteiger partial charge in [-0.2, -0.15) is 12.6 Å². The molecule has 19 heavy (non-hydrogen) atoms. The summed E-state index contributed by atoms with van der Waals surface area (Å²) in [7, 11) is 0. The summed E-state index contributed by atoms with van der Waals surface area (Å²) in [5.74, 6) is 1.03. The van der Waals surface area contributed by atoms with Crippen molar-refractivity contribution in [2.75, 3.05) is 38.6 Å². The van der Waals surface area contributed by atoms with Crippen molar-refractivity contribution in [2.45, 2.75) is 51.4 Å². The minimum Gasteiger partial charge on any atom is -0.381 e. The van der Waals surface area contributed by atoms with Crippen molar-refractivity contribution < 1.29 is 4.74 Å². The van der Waals surface area contributed by atoms with Crippen LogP contribution >= 0.6 is 12.6 Å². The van der Waals surface area contributed by atoms with Gasteiger partial charge in [-0.3, -0.25) is 0 Å². The number of ether oxygens (including phenoxy) is 1. The van der Waals surface area contributed by atoms with Crippen molar-refractivity contribution in [3.05, 3.63) is 0 Å². The molecule has 3 fully saturated rings. The summed E-state index contributed by atoms with van der Waals surface area (Å²) in [5.41, 5.74) is 1.18. The zero-order valence-electron chi connectivity index (χ0n) is 12.2. The summed E-state index contributed by atoms with van der Waals surface area (Å²) in [5, 5.41) is 0. The molecule has 2 aliphatic heterocycles. The van der Waals surface area contributed by atoms with E-state index < -0.39 is 0 Å². The summed E-state index contributed by atoms with van der Waals surface area (Å²) < 4.78 is 5.54. The maximum Gasteiger partial charge on any atom is 0.0472 e. The molecule has 110 valence electrons. The topological polar surface area (TPSA) is 12.5 Å². The average Bonchev–Trinajstić information content (AvgIpc) is 2.91. The summed E-state index contributed by atoms with van der Waals surface area (Å²) in [4.78, 5) is 2.73. The number of hydrogen-bond acceptors (Lipinski definition) is 3. The second-order valence-corrected chi connectivity index (χ2v) is 7.57. The highest BCUT2D eigenvalue weighted by Gasteiger charge is 2.39. The van der Waals surface area contributed by atoms with E-state index in [0.29, 0.717) is 5.41 Å². The molecule has 0 radical (unpaired) electrons. The molecular weight excluding hydrogens is 254 g/mol.